The van der Waals surface area contributed by atoms with Gasteiger partial charge in [0.15, 0.2) is 0 Å². The average molecular weight is 289 g/mol. The van der Waals surface area contributed by atoms with Gasteiger partial charge in [0, 0.05) is 50.8 Å². The predicted octanol–water partition coefficient (Wildman–Crippen LogP) is 2.01. The van der Waals surface area contributed by atoms with Crippen LogP contribution < -0.4 is 0 Å². The van der Waals surface area contributed by atoms with Gasteiger partial charge in [-0.1, -0.05) is 6.07 Å². The molecule has 0 bridgehead atoms. The van der Waals surface area contributed by atoms with Crippen molar-refractivity contribution >= 4 is 0 Å². The van der Waals surface area contributed by atoms with E-state index in [2.05, 4.69) is 34.8 Å². The third-order valence-electron chi connectivity index (χ3n) is 5.07. The fraction of sp³-hybridized carbons (Fsp3) is 0.706. The molecule has 1 unspecified atom stereocenters. The Morgan fingerprint density at radius 3 is 3.00 bits per heavy atom. The van der Waals surface area contributed by atoms with Gasteiger partial charge in [-0.15, -0.1) is 0 Å². The van der Waals surface area contributed by atoms with Crippen LogP contribution in [-0.4, -0.2) is 60.2 Å². The highest BCUT2D eigenvalue weighted by Crippen LogP contribution is 2.38. The van der Waals surface area contributed by atoms with Crippen molar-refractivity contribution in [3.8, 4) is 0 Å². The van der Waals surface area contributed by atoms with Crippen LogP contribution in [-0.2, 0) is 11.3 Å². The minimum Gasteiger partial charge on any atom is -0.381 e. The van der Waals surface area contributed by atoms with E-state index >= 15 is 0 Å². The van der Waals surface area contributed by atoms with E-state index in [1.807, 2.05) is 18.5 Å². The van der Waals surface area contributed by atoms with Crippen molar-refractivity contribution in [2.45, 2.75) is 31.8 Å². The lowest BCUT2D eigenvalue weighted by atomic mass is 9.75. The van der Waals surface area contributed by atoms with Gasteiger partial charge in [-0.3, -0.25) is 14.8 Å². The molecule has 0 saturated carbocycles. The molecule has 0 amide bonds. The predicted molar refractivity (Wildman–Crippen MR) is 84.1 cm³/mol. The van der Waals surface area contributed by atoms with Crippen LogP contribution in [0, 0.1) is 5.92 Å². The van der Waals surface area contributed by atoms with E-state index in [1.165, 1.54) is 38.0 Å². The van der Waals surface area contributed by atoms with Crippen molar-refractivity contribution in [2.24, 2.45) is 5.92 Å². The molecule has 0 aromatic carbocycles. The topological polar surface area (TPSA) is 28.6 Å². The highest BCUT2D eigenvalue weighted by Gasteiger charge is 2.48. The molecule has 1 aromatic rings. The smallest absolute Gasteiger partial charge is 0.0495 e. The van der Waals surface area contributed by atoms with Gasteiger partial charge in [0.1, 0.15) is 0 Å². The summed E-state index contributed by atoms with van der Waals surface area (Å²) in [5.41, 5.74) is 1.71. The Hall–Kier alpha value is -0.970. The molecule has 2 saturated heterocycles. The molecule has 1 spiro atoms. The first-order chi connectivity index (χ1) is 10.2. The lowest BCUT2D eigenvalue weighted by Crippen LogP contribution is -2.71. The van der Waals surface area contributed by atoms with Crippen LogP contribution >= 0.6 is 0 Å². The average Bonchev–Trinajstić information content (AvgIpc) is 2.47. The number of rotatable bonds is 5. The highest BCUT2D eigenvalue weighted by molar-refractivity contribution is 5.12. The SMILES string of the molecule is CCOCC1CCN(C)C2(C1)CN(Cc1cccnc1)C2. The van der Waals surface area contributed by atoms with Crippen LogP contribution in [0.2, 0.25) is 0 Å². The van der Waals surface area contributed by atoms with Crippen LogP contribution in [0.5, 0.6) is 0 Å². The van der Waals surface area contributed by atoms with Crippen LogP contribution in [0.25, 0.3) is 0 Å². The van der Waals surface area contributed by atoms with Crippen LogP contribution in [0.1, 0.15) is 25.3 Å². The molecule has 2 aliphatic heterocycles. The first-order valence-electron chi connectivity index (χ1n) is 8.12. The number of pyridine rings is 1. The van der Waals surface area contributed by atoms with E-state index in [-0.39, 0.29) is 0 Å². The van der Waals surface area contributed by atoms with Crippen LogP contribution in [0.15, 0.2) is 24.5 Å². The van der Waals surface area contributed by atoms with Crippen molar-refractivity contribution in [1.29, 1.82) is 0 Å². The summed E-state index contributed by atoms with van der Waals surface area (Å²) < 4.78 is 5.65. The number of hydrogen-bond acceptors (Lipinski definition) is 4. The minimum absolute atomic E-state index is 0.391. The number of ether oxygens (including phenoxy) is 1. The Kier molecular flexibility index (Phi) is 4.57. The summed E-state index contributed by atoms with van der Waals surface area (Å²) in [5, 5.41) is 0. The Morgan fingerprint density at radius 1 is 1.43 bits per heavy atom. The summed E-state index contributed by atoms with van der Waals surface area (Å²) in [6.07, 6.45) is 6.38. The van der Waals surface area contributed by atoms with Gasteiger partial charge in [-0.2, -0.15) is 0 Å². The summed E-state index contributed by atoms with van der Waals surface area (Å²) in [4.78, 5) is 9.32. The first-order valence-corrected chi connectivity index (χ1v) is 8.12. The fourth-order valence-electron chi connectivity index (χ4n) is 3.85. The molecule has 0 radical (unpaired) electrons. The van der Waals surface area contributed by atoms with Crippen molar-refractivity contribution in [3.63, 3.8) is 0 Å². The lowest BCUT2D eigenvalue weighted by molar-refractivity contribution is -0.0922. The molecule has 116 valence electrons. The summed E-state index contributed by atoms with van der Waals surface area (Å²) in [6, 6.07) is 4.19. The molecule has 2 fully saturated rings. The van der Waals surface area contributed by atoms with E-state index in [0.717, 1.165) is 25.7 Å². The molecule has 21 heavy (non-hydrogen) atoms. The van der Waals surface area contributed by atoms with Crippen molar-refractivity contribution in [2.75, 3.05) is 39.9 Å². The Morgan fingerprint density at radius 2 is 2.29 bits per heavy atom. The molecule has 4 nitrogen and oxygen atoms in total. The second-order valence-corrected chi connectivity index (χ2v) is 6.67. The van der Waals surface area contributed by atoms with Gasteiger partial charge in [0.05, 0.1) is 0 Å². The van der Waals surface area contributed by atoms with Gasteiger partial charge >= 0.3 is 0 Å². The van der Waals surface area contributed by atoms with Gasteiger partial charge in [0.2, 0.25) is 0 Å². The molecule has 3 rings (SSSR count). The number of hydrogen-bond donors (Lipinski definition) is 0. The zero-order chi connectivity index (χ0) is 14.7. The minimum atomic E-state index is 0.391. The molecular weight excluding hydrogens is 262 g/mol. The maximum Gasteiger partial charge on any atom is 0.0495 e. The lowest BCUT2D eigenvalue weighted by Gasteiger charge is -2.58. The second kappa shape index (κ2) is 6.42. The number of piperidine rings is 1. The molecule has 4 heteroatoms. The van der Waals surface area contributed by atoms with Crippen molar-refractivity contribution in [3.05, 3.63) is 30.1 Å². The largest absolute Gasteiger partial charge is 0.381 e. The molecule has 0 aliphatic carbocycles. The summed E-state index contributed by atoms with van der Waals surface area (Å²) in [5.74, 6) is 0.738. The zero-order valence-electron chi connectivity index (χ0n) is 13.3. The standard InChI is InChI=1S/C17H27N3O/c1-3-21-12-15-6-8-19(2)17(9-15)13-20(14-17)11-16-5-4-7-18-10-16/h4-5,7,10,15H,3,6,8-9,11-14H2,1-2H3. The Balaban J connectivity index is 1.54. The molecule has 1 aromatic heterocycles. The third-order valence-corrected chi connectivity index (χ3v) is 5.07. The number of nitrogens with zero attached hydrogens (tertiary/aromatic N) is 3. The normalized spacial score (nSPS) is 25.9. The van der Waals surface area contributed by atoms with Gasteiger partial charge < -0.3 is 4.74 Å². The Labute approximate surface area is 128 Å². The molecule has 1 atom stereocenters. The quantitative estimate of drug-likeness (QED) is 0.829. The Bertz CT molecular complexity index is 443. The monoisotopic (exact) mass is 289 g/mol. The van der Waals surface area contributed by atoms with E-state index < -0.39 is 0 Å². The van der Waals surface area contributed by atoms with E-state index in [0.29, 0.717) is 5.54 Å². The third kappa shape index (κ3) is 3.28. The zero-order valence-corrected chi connectivity index (χ0v) is 13.3. The fourth-order valence-corrected chi connectivity index (χ4v) is 3.85. The summed E-state index contributed by atoms with van der Waals surface area (Å²) in [6.45, 7) is 8.46. The molecule has 3 heterocycles. The molecule has 2 aliphatic rings. The highest BCUT2D eigenvalue weighted by atomic mass is 16.5. The summed E-state index contributed by atoms with van der Waals surface area (Å²) in [7, 11) is 2.29. The number of aromatic nitrogens is 1. The molecular formula is C17H27N3O. The van der Waals surface area contributed by atoms with Gasteiger partial charge in [-0.05, 0) is 50.9 Å². The van der Waals surface area contributed by atoms with Crippen LogP contribution in [0.3, 0.4) is 0 Å². The summed E-state index contributed by atoms with van der Waals surface area (Å²) >= 11 is 0. The maximum absolute atomic E-state index is 5.65. The van der Waals surface area contributed by atoms with E-state index in [9.17, 15) is 0 Å². The van der Waals surface area contributed by atoms with E-state index in [4.69, 9.17) is 4.74 Å². The second-order valence-electron chi connectivity index (χ2n) is 6.67. The van der Waals surface area contributed by atoms with Gasteiger partial charge in [-0.25, -0.2) is 0 Å². The maximum atomic E-state index is 5.65. The first kappa shape index (κ1) is 14.9. The van der Waals surface area contributed by atoms with E-state index in [1.54, 1.807) is 0 Å². The van der Waals surface area contributed by atoms with Crippen molar-refractivity contribution in [1.82, 2.24) is 14.8 Å². The van der Waals surface area contributed by atoms with Crippen molar-refractivity contribution < 1.29 is 4.74 Å². The van der Waals surface area contributed by atoms with Crippen LogP contribution in [0.4, 0.5) is 0 Å². The molecule has 0 N–H and O–H groups in total. The van der Waals surface area contributed by atoms with Gasteiger partial charge in [0.25, 0.3) is 0 Å². The number of likely N-dealkylation sites (tertiary alicyclic amines) is 2. The number of likely N-dealkylation sites (N-methyl/N-ethyl adjacent to an activating group) is 1.